The van der Waals surface area contributed by atoms with Crippen LogP contribution < -0.4 is 9.64 Å². The summed E-state index contributed by atoms with van der Waals surface area (Å²) < 4.78 is 118. The van der Waals surface area contributed by atoms with Crippen molar-refractivity contribution in [1.82, 2.24) is 14.1 Å². The lowest BCUT2D eigenvalue weighted by Crippen LogP contribution is -2.17. The third-order valence-corrected chi connectivity index (χ3v) is 14.4. The van der Waals surface area contributed by atoms with Gasteiger partial charge in [-0.15, -0.1) is 0 Å². The Morgan fingerprint density at radius 3 is 1.93 bits per heavy atom. The molecular formula is C67H62N4O. The first-order valence-corrected chi connectivity index (χ1v) is 24.5. The largest absolute Gasteiger partial charge is 0.457 e. The summed E-state index contributed by atoms with van der Waals surface area (Å²) >= 11 is 0. The van der Waals surface area contributed by atoms with E-state index in [1.54, 1.807) is 12.1 Å². The zero-order valence-electron chi connectivity index (χ0n) is 53.2. The van der Waals surface area contributed by atoms with Crippen LogP contribution in [0.4, 0.5) is 11.4 Å². The van der Waals surface area contributed by atoms with Crippen molar-refractivity contribution >= 4 is 76.5 Å². The monoisotopic (exact) mass is 951 g/mol. The molecule has 0 N–H and O–H groups in total. The van der Waals surface area contributed by atoms with Gasteiger partial charge in [-0.1, -0.05) is 177 Å². The molecule has 5 heteroatoms. The number of nitrogens with zero attached hydrogens (tertiary/aromatic N) is 4. The van der Waals surface area contributed by atoms with Crippen molar-refractivity contribution in [3.8, 4) is 28.4 Å². The van der Waals surface area contributed by atoms with Gasteiger partial charge in [0, 0.05) is 67.6 Å². The Bertz CT molecular complexity index is 4510. The summed E-state index contributed by atoms with van der Waals surface area (Å²) in [5.41, 5.74) is 3.08. The van der Waals surface area contributed by atoms with Gasteiger partial charge in [-0.3, -0.25) is 4.57 Å². The molecule has 12 rings (SSSR count). The van der Waals surface area contributed by atoms with Crippen LogP contribution in [0.1, 0.15) is 101 Å². The average molecular weight is 951 g/mol. The summed E-state index contributed by atoms with van der Waals surface area (Å²) in [5.74, 6) is 1.95. The molecule has 72 heavy (non-hydrogen) atoms. The SMILES string of the molecule is [2H]C([2H])([2H])c1cccc2c3ccccc3c3cccc(-c4cc(C(C)(C)C)cc(C(C([2H])([2H])[2H])(C([2H])([2H])[2H])C([2H])([2H])[2H])c4)c3n3c4c(cccc4c12)N(c1cccc(Oc2ccc4c5ccccc5n(-c5cc(C(C)(C)C)ccn5)c4c2)c1)C3. The van der Waals surface area contributed by atoms with E-state index >= 15 is 0 Å². The van der Waals surface area contributed by atoms with Crippen LogP contribution in [0.5, 0.6) is 11.5 Å². The van der Waals surface area contributed by atoms with Gasteiger partial charge in [0.2, 0.25) is 0 Å². The number of anilines is 2. The zero-order chi connectivity index (χ0) is 59.8. The topological polar surface area (TPSA) is 35.2 Å². The van der Waals surface area contributed by atoms with Crippen molar-refractivity contribution in [2.75, 3.05) is 4.90 Å². The van der Waals surface area contributed by atoms with Gasteiger partial charge >= 0.3 is 0 Å². The molecule has 0 fully saturated rings. The van der Waals surface area contributed by atoms with Gasteiger partial charge in [0.05, 0.1) is 27.8 Å². The molecule has 0 bridgehead atoms. The summed E-state index contributed by atoms with van der Waals surface area (Å²) in [6.45, 7) is -0.640. The van der Waals surface area contributed by atoms with Gasteiger partial charge in [-0.05, 0) is 121 Å². The zero-order valence-corrected chi connectivity index (χ0v) is 41.2. The van der Waals surface area contributed by atoms with Crippen molar-refractivity contribution in [2.45, 2.75) is 91.9 Å². The Balaban J connectivity index is 1.12. The Kier molecular flexibility index (Phi) is 7.76. The minimum atomic E-state index is -3.52. The van der Waals surface area contributed by atoms with E-state index in [4.69, 9.17) is 26.2 Å². The van der Waals surface area contributed by atoms with E-state index in [0.29, 0.717) is 55.4 Å². The van der Waals surface area contributed by atoms with E-state index in [9.17, 15) is 0 Å². The second-order valence-electron chi connectivity index (χ2n) is 21.2. The maximum atomic E-state index is 9.01. The molecule has 1 aliphatic rings. The maximum Gasteiger partial charge on any atom is 0.137 e. The van der Waals surface area contributed by atoms with E-state index in [1.165, 1.54) is 12.1 Å². The van der Waals surface area contributed by atoms with E-state index in [-0.39, 0.29) is 23.2 Å². The van der Waals surface area contributed by atoms with E-state index in [1.807, 2.05) is 148 Å². The first-order valence-electron chi connectivity index (χ1n) is 30.5. The summed E-state index contributed by atoms with van der Waals surface area (Å²) in [6.07, 6.45) is 1.86. The number of ether oxygens (including phenoxy) is 1. The van der Waals surface area contributed by atoms with Crippen molar-refractivity contribution in [2.24, 2.45) is 0 Å². The second kappa shape index (κ2) is 16.6. The molecule has 1 aliphatic heterocycles. The van der Waals surface area contributed by atoms with Crippen LogP contribution in [0.25, 0.3) is 82.1 Å². The molecule has 4 heterocycles. The molecule has 3 aromatic heterocycles. The average Bonchev–Trinajstić information content (AvgIpc) is 1.70. The van der Waals surface area contributed by atoms with Crippen molar-refractivity contribution in [1.29, 1.82) is 0 Å². The minimum absolute atomic E-state index is 0.105. The van der Waals surface area contributed by atoms with Gasteiger partial charge < -0.3 is 14.2 Å². The molecule has 0 spiro atoms. The molecule has 0 aliphatic carbocycles. The van der Waals surface area contributed by atoms with Crippen LogP contribution in [0.3, 0.4) is 0 Å². The fourth-order valence-electron chi connectivity index (χ4n) is 10.8. The van der Waals surface area contributed by atoms with Crippen LogP contribution in [0, 0.1) is 6.85 Å². The fourth-order valence-corrected chi connectivity index (χ4v) is 10.8. The van der Waals surface area contributed by atoms with Crippen LogP contribution >= 0.6 is 0 Å². The lowest BCUT2D eigenvalue weighted by atomic mass is 9.78. The first kappa shape index (κ1) is 33.7. The van der Waals surface area contributed by atoms with Crippen LogP contribution in [-0.4, -0.2) is 14.1 Å². The highest BCUT2D eigenvalue weighted by Crippen LogP contribution is 2.46. The minimum Gasteiger partial charge on any atom is -0.457 e. The Hall–Kier alpha value is -7.89. The maximum absolute atomic E-state index is 9.01. The number of para-hydroxylation sites is 3. The molecule has 8 aromatic carbocycles. The first-order chi connectivity index (χ1) is 39.5. The number of aryl methyl sites for hydroxylation is 1. The number of pyridine rings is 1. The molecule has 0 radical (unpaired) electrons. The predicted molar refractivity (Wildman–Crippen MR) is 306 cm³/mol. The van der Waals surface area contributed by atoms with Gasteiger partial charge in [-0.2, -0.15) is 0 Å². The Labute approximate surface area is 440 Å². The van der Waals surface area contributed by atoms with E-state index in [0.717, 1.165) is 60.7 Å². The van der Waals surface area contributed by atoms with Gasteiger partial charge in [-0.25, -0.2) is 4.98 Å². The summed E-state index contributed by atoms with van der Waals surface area (Å²) in [5, 5.41) is 6.27. The Morgan fingerprint density at radius 2 is 1.15 bits per heavy atom. The van der Waals surface area contributed by atoms with Gasteiger partial charge in [0.1, 0.15) is 24.0 Å². The highest BCUT2D eigenvalue weighted by Gasteiger charge is 2.28. The molecule has 11 aromatic rings. The number of benzene rings is 8. The molecule has 0 saturated carbocycles. The molecule has 0 saturated heterocycles. The predicted octanol–water partition coefficient (Wildman–Crippen LogP) is 18.5. The summed E-state index contributed by atoms with van der Waals surface area (Å²) in [6, 6.07) is 56.0. The lowest BCUT2D eigenvalue weighted by molar-refractivity contribution is 0.483. The molecular weight excluding hydrogens is 877 g/mol. The van der Waals surface area contributed by atoms with Crippen molar-refractivity contribution < 1.29 is 21.2 Å². The highest BCUT2D eigenvalue weighted by atomic mass is 16.5. The number of hydrogen-bond acceptors (Lipinski definition) is 3. The van der Waals surface area contributed by atoms with Gasteiger partial charge in [0.25, 0.3) is 0 Å². The van der Waals surface area contributed by atoms with Crippen molar-refractivity contribution in [3.63, 3.8) is 0 Å². The van der Waals surface area contributed by atoms with Crippen LogP contribution in [-0.2, 0) is 22.9 Å². The van der Waals surface area contributed by atoms with E-state index < -0.39 is 38.2 Å². The molecule has 0 unspecified atom stereocenters. The fraction of sp³-hybridized carbons (Fsp3) is 0.209. The number of fused-ring (bicyclic) bond motifs is 10. The third-order valence-electron chi connectivity index (χ3n) is 14.4. The summed E-state index contributed by atoms with van der Waals surface area (Å²) in [7, 11) is 0. The smallest absolute Gasteiger partial charge is 0.137 e. The molecule has 5 nitrogen and oxygen atoms in total. The molecule has 0 atom stereocenters. The summed E-state index contributed by atoms with van der Waals surface area (Å²) in [4.78, 5) is 7.02. The number of aromatic nitrogens is 3. The highest BCUT2D eigenvalue weighted by molar-refractivity contribution is 6.23. The van der Waals surface area contributed by atoms with Crippen LogP contribution in [0.15, 0.2) is 182 Å². The molecule has 356 valence electrons. The third kappa shape index (κ3) is 7.56. The normalized spacial score (nSPS) is 16.2. The molecule has 0 amide bonds. The Morgan fingerprint density at radius 1 is 0.500 bits per heavy atom. The second-order valence-corrected chi connectivity index (χ2v) is 21.2. The van der Waals surface area contributed by atoms with Crippen LogP contribution in [0.2, 0.25) is 0 Å². The quantitative estimate of drug-likeness (QED) is 0.172. The number of rotatable bonds is 5. The van der Waals surface area contributed by atoms with Crippen molar-refractivity contribution in [3.05, 3.63) is 204 Å². The van der Waals surface area contributed by atoms with Gasteiger partial charge in [0.15, 0.2) is 0 Å². The lowest BCUT2D eigenvalue weighted by Gasteiger charge is -2.27. The number of hydrogen-bond donors (Lipinski definition) is 0. The van der Waals surface area contributed by atoms with E-state index in [2.05, 4.69) is 65.1 Å². The standard InChI is InChI=1S/C67H62N4O/c1-42-19-15-26-55-51-22-11-12-23-52(51)56-27-17-25-50(43-35-45(66(5,6)7)37-46(36-43)67(8,9)10)63(56)70-41-69(59-30-18-28-57(62(42)55)64(59)70)47-20-16-21-48(39-47)72-49-31-32-54-53-24-13-14-29-58(53)71(60(54)40-49)61-38-44(33-34-68-61)65(2,3)4/h11-40H,41H2,1-10H3/i1D3,5D3,6D3,7D3.